The Morgan fingerprint density at radius 1 is 0.810 bits per heavy atom. The number of hydrogen-bond acceptors (Lipinski definition) is 4. The van der Waals surface area contributed by atoms with Crippen LogP contribution in [0, 0.1) is 6.92 Å². The molecule has 0 saturated carbocycles. The minimum atomic E-state index is -4.24. The first-order valence-corrected chi connectivity index (χ1v) is 15.4. The minimum absolute atomic E-state index is 0.00519. The van der Waals surface area contributed by atoms with Crippen LogP contribution in [0.25, 0.3) is 0 Å². The van der Waals surface area contributed by atoms with E-state index in [0.29, 0.717) is 10.6 Å². The number of anilines is 1. The van der Waals surface area contributed by atoms with Crippen molar-refractivity contribution in [2.75, 3.05) is 17.9 Å². The maximum absolute atomic E-state index is 14.3. The van der Waals surface area contributed by atoms with Gasteiger partial charge >= 0.3 is 0 Å². The number of amides is 2. The first-order chi connectivity index (χ1) is 20.1. The van der Waals surface area contributed by atoms with Crippen LogP contribution in [0.3, 0.4) is 0 Å². The predicted octanol–water partition coefficient (Wildman–Crippen LogP) is 5.88. The van der Waals surface area contributed by atoms with Crippen molar-refractivity contribution in [1.82, 2.24) is 10.2 Å². The lowest BCUT2D eigenvalue weighted by Crippen LogP contribution is -2.53. The number of sulfonamides is 1. The van der Waals surface area contributed by atoms with E-state index >= 15 is 0 Å². The van der Waals surface area contributed by atoms with Crippen molar-refractivity contribution in [3.8, 4) is 0 Å². The average Bonchev–Trinajstić information content (AvgIpc) is 2.99. The van der Waals surface area contributed by atoms with Crippen molar-refractivity contribution >= 4 is 50.7 Å². The lowest BCUT2D eigenvalue weighted by Gasteiger charge is -2.34. The molecule has 1 N–H and O–H groups in total. The summed E-state index contributed by atoms with van der Waals surface area (Å²) in [5, 5.41) is 3.23. The molecular weight excluding hydrogens is 593 g/mol. The molecule has 10 heteroatoms. The van der Waals surface area contributed by atoms with Crippen molar-refractivity contribution in [3.63, 3.8) is 0 Å². The normalized spacial score (nSPS) is 11.9. The zero-order valence-electron chi connectivity index (χ0n) is 23.2. The second-order valence-electron chi connectivity index (χ2n) is 9.71. The Kier molecular flexibility index (Phi) is 10.3. The SMILES string of the molecule is CNC(=O)[C@@H](Cc1ccccc1)N(Cc1ccccc1Cl)C(=O)CN(c1ccccc1Cl)S(=O)(=O)c1ccc(C)cc1. The fourth-order valence-electron chi connectivity index (χ4n) is 4.54. The summed E-state index contributed by atoms with van der Waals surface area (Å²) in [7, 11) is -2.74. The molecule has 4 aromatic carbocycles. The zero-order valence-corrected chi connectivity index (χ0v) is 25.5. The standard InChI is InChI=1S/C32H31Cl2N3O4S/c1-23-16-18-26(19-17-23)42(40,41)37(29-15-9-8-14-28(29)34)22-31(38)36(21-25-12-6-7-13-27(25)33)30(32(39)35-2)20-24-10-4-3-5-11-24/h3-19,30H,20-22H2,1-2H3,(H,35,39)/t30-/m1/s1. The minimum Gasteiger partial charge on any atom is -0.357 e. The smallest absolute Gasteiger partial charge is 0.264 e. The molecule has 0 radical (unpaired) electrons. The first kappa shape index (κ1) is 31.1. The molecule has 0 saturated heterocycles. The first-order valence-electron chi connectivity index (χ1n) is 13.2. The number of nitrogens with one attached hydrogen (secondary N) is 1. The van der Waals surface area contributed by atoms with Gasteiger partial charge in [-0.25, -0.2) is 8.42 Å². The molecular formula is C32H31Cl2N3O4S. The number of rotatable bonds is 11. The predicted molar refractivity (Wildman–Crippen MR) is 167 cm³/mol. The summed E-state index contributed by atoms with van der Waals surface area (Å²) in [6, 6.07) is 28.1. The molecule has 7 nitrogen and oxygen atoms in total. The van der Waals surface area contributed by atoms with Gasteiger partial charge in [-0.3, -0.25) is 13.9 Å². The molecule has 0 fully saturated rings. The molecule has 0 aliphatic carbocycles. The number of carbonyl (C=O) groups excluding carboxylic acids is 2. The van der Waals surface area contributed by atoms with E-state index in [-0.39, 0.29) is 28.6 Å². The fraction of sp³-hybridized carbons (Fsp3) is 0.188. The van der Waals surface area contributed by atoms with Gasteiger partial charge < -0.3 is 10.2 Å². The number of likely N-dealkylation sites (N-methyl/N-ethyl adjacent to an activating group) is 1. The van der Waals surface area contributed by atoms with E-state index in [2.05, 4.69) is 5.32 Å². The Balaban J connectivity index is 1.80. The summed E-state index contributed by atoms with van der Waals surface area (Å²) in [5.41, 5.74) is 2.47. The van der Waals surface area contributed by atoms with Gasteiger partial charge in [-0.15, -0.1) is 0 Å². The van der Waals surface area contributed by atoms with E-state index in [0.717, 1.165) is 15.4 Å². The number of nitrogens with zero attached hydrogens (tertiary/aromatic N) is 2. The number of hydrogen-bond donors (Lipinski definition) is 1. The number of halogens is 2. The van der Waals surface area contributed by atoms with Crippen LogP contribution in [0.4, 0.5) is 5.69 Å². The van der Waals surface area contributed by atoms with E-state index in [1.54, 1.807) is 60.7 Å². The van der Waals surface area contributed by atoms with Crippen LogP contribution in [-0.4, -0.2) is 44.8 Å². The second kappa shape index (κ2) is 13.9. The van der Waals surface area contributed by atoms with Crippen molar-refractivity contribution in [2.45, 2.75) is 30.8 Å². The Hall–Kier alpha value is -3.85. The molecule has 0 unspecified atom stereocenters. The third kappa shape index (κ3) is 7.31. The van der Waals surface area contributed by atoms with E-state index in [4.69, 9.17) is 23.2 Å². The number of benzene rings is 4. The second-order valence-corrected chi connectivity index (χ2v) is 12.4. The summed E-state index contributed by atoms with van der Waals surface area (Å²) in [4.78, 5) is 29.0. The summed E-state index contributed by atoms with van der Waals surface area (Å²) in [5.74, 6) is -1.00. The van der Waals surface area contributed by atoms with E-state index in [1.807, 2.05) is 37.3 Å². The molecule has 0 aliphatic heterocycles. The molecule has 4 rings (SSSR count). The Morgan fingerprint density at radius 2 is 1.40 bits per heavy atom. The Morgan fingerprint density at radius 3 is 2.02 bits per heavy atom. The van der Waals surface area contributed by atoms with Gasteiger partial charge in [0, 0.05) is 25.0 Å². The molecule has 0 heterocycles. The third-order valence-corrected chi connectivity index (χ3v) is 9.29. The van der Waals surface area contributed by atoms with Gasteiger partial charge in [-0.05, 0) is 48.4 Å². The van der Waals surface area contributed by atoms with E-state index in [9.17, 15) is 18.0 Å². The summed E-state index contributed by atoms with van der Waals surface area (Å²) >= 11 is 13.0. The molecule has 0 aromatic heterocycles. The number of para-hydroxylation sites is 1. The van der Waals surface area contributed by atoms with Gasteiger partial charge in [0.05, 0.1) is 15.6 Å². The Labute approximate surface area is 256 Å². The number of carbonyl (C=O) groups is 2. The third-order valence-electron chi connectivity index (χ3n) is 6.83. The largest absolute Gasteiger partial charge is 0.357 e. The molecule has 0 aliphatic rings. The molecule has 42 heavy (non-hydrogen) atoms. The monoisotopic (exact) mass is 623 g/mol. The summed E-state index contributed by atoms with van der Waals surface area (Å²) in [6.07, 6.45) is 0.202. The van der Waals surface area contributed by atoms with Crippen LogP contribution in [-0.2, 0) is 32.6 Å². The van der Waals surface area contributed by atoms with Crippen LogP contribution in [0.15, 0.2) is 108 Å². The highest BCUT2D eigenvalue weighted by Gasteiger charge is 2.35. The van der Waals surface area contributed by atoms with Gasteiger partial charge in [0.1, 0.15) is 12.6 Å². The van der Waals surface area contributed by atoms with Gasteiger partial charge in [0.2, 0.25) is 11.8 Å². The lowest BCUT2D eigenvalue weighted by atomic mass is 10.0. The highest BCUT2D eigenvalue weighted by molar-refractivity contribution is 7.92. The molecule has 0 spiro atoms. The van der Waals surface area contributed by atoms with Crippen molar-refractivity contribution in [3.05, 3.63) is 130 Å². The van der Waals surface area contributed by atoms with Gasteiger partial charge in [-0.1, -0.05) is 102 Å². The maximum atomic E-state index is 14.3. The van der Waals surface area contributed by atoms with Crippen molar-refractivity contribution in [1.29, 1.82) is 0 Å². The van der Waals surface area contributed by atoms with Crippen LogP contribution in [0.1, 0.15) is 16.7 Å². The van der Waals surface area contributed by atoms with E-state index in [1.165, 1.54) is 24.1 Å². The highest BCUT2D eigenvalue weighted by Crippen LogP contribution is 2.31. The lowest BCUT2D eigenvalue weighted by molar-refractivity contribution is -0.139. The van der Waals surface area contributed by atoms with Crippen molar-refractivity contribution < 1.29 is 18.0 Å². The molecule has 218 valence electrons. The summed E-state index contributed by atoms with van der Waals surface area (Å²) in [6.45, 7) is 1.22. The molecule has 2 amide bonds. The van der Waals surface area contributed by atoms with Crippen LogP contribution < -0.4 is 9.62 Å². The van der Waals surface area contributed by atoms with Crippen LogP contribution in [0.5, 0.6) is 0 Å². The van der Waals surface area contributed by atoms with Crippen molar-refractivity contribution in [2.24, 2.45) is 0 Å². The summed E-state index contributed by atoms with van der Waals surface area (Å²) < 4.78 is 29.0. The van der Waals surface area contributed by atoms with Gasteiger partial charge in [0.15, 0.2) is 0 Å². The quantitative estimate of drug-likeness (QED) is 0.226. The molecule has 1 atom stereocenters. The maximum Gasteiger partial charge on any atom is 0.264 e. The topological polar surface area (TPSA) is 86.8 Å². The fourth-order valence-corrected chi connectivity index (χ4v) is 6.45. The van der Waals surface area contributed by atoms with Gasteiger partial charge in [-0.2, -0.15) is 0 Å². The van der Waals surface area contributed by atoms with Crippen LogP contribution >= 0.6 is 23.2 Å². The zero-order chi connectivity index (χ0) is 30.3. The Bertz CT molecular complexity index is 1650. The van der Waals surface area contributed by atoms with E-state index < -0.39 is 34.4 Å². The van der Waals surface area contributed by atoms with Crippen LogP contribution in [0.2, 0.25) is 10.0 Å². The van der Waals surface area contributed by atoms with Gasteiger partial charge in [0.25, 0.3) is 10.0 Å². The highest BCUT2D eigenvalue weighted by atomic mass is 35.5. The molecule has 0 bridgehead atoms. The average molecular weight is 625 g/mol. The molecule has 4 aromatic rings. The number of aryl methyl sites for hydroxylation is 1.